The van der Waals surface area contributed by atoms with Crippen LogP contribution in [0.15, 0.2) is 77.4 Å². The van der Waals surface area contributed by atoms with Gasteiger partial charge in [-0.2, -0.15) is 0 Å². The first kappa shape index (κ1) is 18.2. The second-order valence-corrected chi connectivity index (χ2v) is 6.51. The summed E-state index contributed by atoms with van der Waals surface area (Å²) in [6, 6.07) is 21.9. The quantitative estimate of drug-likeness (QED) is 0.632. The minimum Gasteiger partial charge on any atom is -0.491 e. The van der Waals surface area contributed by atoms with E-state index in [2.05, 4.69) is 17.0 Å². The Morgan fingerprint density at radius 1 is 0.962 bits per heavy atom. The first-order valence-electron chi connectivity index (χ1n) is 8.85. The Balaban J connectivity index is 1.57. The molecule has 4 nitrogen and oxygen atoms in total. The number of nitrogens with zero attached hydrogens (tertiary/aromatic N) is 1. The molecule has 0 aliphatic rings. The SMILES string of the molecule is Cc1ccc(OC[C@@H](O)CN(Cc2ccccc2)Cc2ccco2)cc1. The summed E-state index contributed by atoms with van der Waals surface area (Å²) >= 11 is 0. The van der Waals surface area contributed by atoms with Crippen molar-refractivity contribution in [3.63, 3.8) is 0 Å². The Labute approximate surface area is 154 Å². The molecule has 0 spiro atoms. The summed E-state index contributed by atoms with van der Waals surface area (Å²) in [4.78, 5) is 2.16. The largest absolute Gasteiger partial charge is 0.491 e. The predicted octanol–water partition coefficient (Wildman–Crippen LogP) is 4.03. The first-order valence-corrected chi connectivity index (χ1v) is 8.85. The number of hydrogen-bond donors (Lipinski definition) is 1. The topological polar surface area (TPSA) is 45.8 Å². The lowest BCUT2D eigenvalue weighted by Crippen LogP contribution is -2.35. The Bertz CT molecular complexity index is 754. The number of aliphatic hydroxyl groups is 1. The van der Waals surface area contributed by atoms with Crippen LogP contribution in [0, 0.1) is 6.92 Å². The molecule has 0 amide bonds. The minimum atomic E-state index is -0.588. The summed E-state index contributed by atoms with van der Waals surface area (Å²) in [5.41, 5.74) is 2.39. The standard InChI is InChI=1S/C22H25NO3/c1-18-9-11-21(12-10-18)26-17-20(24)15-23(16-22-8-5-13-25-22)14-19-6-3-2-4-7-19/h2-13,20,24H,14-17H2,1H3/t20-/m0/s1. The van der Waals surface area contributed by atoms with Crippen LogP contribution < -0.4 is 4.74 Å². The van der Waals surface area contributed by atoms with Crippen molar-refractivity contribution in [1.82, 2.24) is 4.90 Å². The Morgan fingerprint density at radius 3 is 2.42 bits per heavy atom. The van der Waals surface area contributed by atoms with Crippen molar-refractivity contribution in [2.75, 3.05) is 13.2 Å². The molecule has 1 aromatic heterocycles. The van der Waals surface area contributed by atoms with Crippen LogP contribution in [0.2, 0.25) is 0 Å². The normalized spacial score (nSPS) is 12.3. The lowest BCUT2D eigenvalue weighted by atomic mass is 10.2. The highest BCUT2D eigenvalue weighted by Crippen LogP contribution is 2.14. The molecule has 0 radical (unpaired) electrons. The highest BCUT2D eigenvalue weighted by molar-refractivity contribution is 5.26. The second-order valence-electron chi connectivity index (χ2n) is 6.51. The number of aryl methyl sites for hydroxylation is 1. The van der Waals surface area contributed by atoms with Crippen LogP contribution in [-0.2, 0) is 13.1 Å². The van der Waals surface area contributed by atoms with Crippen LogP contribution in [0.4, 0.5) is 0 Å². The molecule has 0 unspecified atom stereocenters. The predicted molar refractivity (Wildman–Crippen MR) is 102 cm³/mol. The van der Waals surface area contributed by atoms with Gasteiger partial charge >= 0.3 is 0 Å². The van der Waals surface area contributed by atoms with Crippen molar-refractivity contribution < 1.29 is 14.3 Å². The van der Waals surface area contributed by atoms with Crippen LogP contribution in [0.5, 0.6) is 5.75 Å². The molecule has 1 heterocycles. The first-order chi connectivity index (χ1) is 12.7. The molecule has 2 aromatic carbocycles. The molecule has 26 heavy (non-hydrogen) atoms. The summed E-state index contributed by atoms with van der Waals surface area (Å²) < 4.78 is 11.2. The third kappa shape index (κ3) is 5.76. The van der Waals surface area contributed by atoms with Gasteiger partial charge in [-0.25, -0.2) is 0 Å². The van der Waals surface area contributed by atoms with Gasteiger partial charge in [-0.1, -0.05) is 48.0 Å². The summed E-state index contributed by atoms with van der Waals surface area (Å²) in [6.45, 7) is 4.18. The van der Waals surface area contributed by atoms with E-state index >= 15 is 0 Å². The highest BCUT2D eigenvalue weighted by atomic mass is 16.5. The van der Waals surface area contributed by atoms with Crippen LogP contribution in [0.3, 0.4) is 0 Å². The van der Waals surface area contributed by atoms with Crippen molar-refractivity contribution in [3.8, 4) is 5.75 Å². The van der Waals surface area contributed by atoms with E-state index < -0.39 is 6.10 Å². The molecular formula is C22H25NO3. The van der Waals surface area contributed by atoms with Gasteiger partial charge in [0.15, 0.2) is 0 Å². The van der Waals surface area contributed by atoms with Gasteiger partial charge in [-0.05, 0) is 36.8 Å². The van der Waals surface area contributed by atoms with E-state index in [9.17, 15) is 5.11 Å². The van der Waals surface area contributed by atoms with Crippen LogP contribution in [0.1, 0.15) is 16.9 Å². The molecule has 136 valence electrons. The molecule has 0 saturated carbocycles. The second kappa shape index (κ2) is 9.22. The van der Waals surface area contributed by atoms with E-state index in [1.807, 2.05) is 61.5 Å². The van der Waals surface area contributed by atoms with Gasteiger partial charge in [0, 0.05) is 13.1 Å². The molecular weight excluding hydrogens is 326 g/mol. The highest BCUT2D eigenvalue weighted by Gasteiger charge is 2.15. The van der Waals surface area contributed by atoms with E-state index in [4.69, 9.17) is 9.15 Å². The maximum absolute atomic E-state index is 10.4. The van der Waals surface area contributed by atoms with Gasteiger partial charge in [-0.3, -0.25) is 4.90 Å². The fraction of sp³-hybridized carbons (Fsp3) is 0.273. The monoisotopic (exact) mass is 351 g/mol. The fourth-order valence-corrected chi connectivity index (χ4v) is 2.83. The van der Waals surface area contributed by atoms with Crippen molar-refractivity contribution in [2.24, 2.45) is 0 Å². The maximum atomic E-state index is 10.4. The summed E-state index contributed by atoms with van der Waals surface area (Å²) in [7, 11) is 0. The molecule has 3 aromatic rings. The summed E-state index contributed by atoms with van der Waals surface area (Å²) in [6.07, 6.45) is 1.09. The zero-order valence-corrected chi connectivity index (χ0v) is 15.0. The van der Waals surface area contributed by atoms with Crippen molar-refractivity contribution >= 4 is 0 Å². The van der Waals surface area contributed by atoms with Crippen molar-refractivity contribution in [1.29, 1.82) is 0 Å². The zero-order chi connectivity index (χ0) is 18.2. The number of aliphatic hydroxyl groups excluding tert-OH is 1. The minimum absolute atomic E-state index is 0.256. The summed E-state index contributed by atoms with van der Waals surface area (Å²) in [5, 5.41) is 10.4. The number of rotatable bonds is 9. The number of hydrogen-bond acceptors (Lipinski definition) is 4. The van der Waals surface area contributed by atoms with E-state index in [0.29, 0.717) is 13.1 Å². The Hall–Kier alpha value is -2.56. The van der Waals surface area contributed by atoms with Gasteiger partial charge in [0.05, 0.1) is 12.8 Å². The molecule has 0 bridgehead atoms. The van der Waals surface area contributed by atoms with Crippen LogP contribution in [-0.4, -0.2) is 29.3 Å². The number of ether oxygens (including phenoxy) is 1. The third-order valence-electron chi connectivity index (χ3n) is 4.14. The molecule has 1 N–H and O–H groups in total. The maximum Gasteiger partial charge on any atom is 0.119 e. The average Bonchev–Trinajstić information content (AvgIpc) is 3.15. The molecule has 4 heteroatoms. The van der Waals surface area contributed by atoms with Gasteiger partial charge in [-0.15, -0.1) is 0 Å². The number of benzene rings is 2. The average molecular weight is 351 g/mol. The Kier molecular flexibility index (Phi) is 6.47. The van der Waals surface area contributed by atoms with Gasteiger partial charge in [0.1, 0.15) is 24.2 Å². The molecule has 0 aliphatic carbocycles. The smallest absolute Gasteiger partial charge is 0.119 e. The van der Waals surface area contributed by atoms with Crippen molar-refractivity contribution in [3.05, 3.63) is 89.9 Å². The fourth-order valence-electron chi connectivity index (χ4n) is 2.83. The summed E-state index contributed by atoms with van der Waals surface area (Å²) in [5.74, 6) is 1.66. The van der Waals surface area contributed by atoms with E-state index in [1.54, 1.807) is 6.26 Å². The van der Waals surface area contributed by atoms with Crippen molar-refractivity contribution in [2.45, 2.75) is 26.1 Å². The van der Waals surface area contributed by atoms with Crippen LogP contribution in [0.25, 0.3) is 0 Å². The van der Waals surface area contributed by atoms with Gasteiger partial charge in [0.25, 0.3) is 0 Å². The lowest BCUT2D eigenvalue weighted by Gasteiger charge is -2.24. The van der Waals surface area contributed by atoms with E-state index in [1.165, 1.54) is 11.1 Å². The molecule has 1 atom stereocenters. The molecule has 0 fully saturated rings. The molecule has 3 rings (SSSR count). The molecule has 0 aliphatic heterocycles. The van der Waals surface area contributed by atoms with Crippen LogP contribution >= 0.6 is 0 Å². The van der Waals surface area contributed by atoms with Gasteiger partial charge in [0.2, 0.25) is 0 Å². The van der Waals surface area contributed by atoms with Gasteiger partial charge < -0.3 is 14.3 Å². The third-order valence-corrected chi connectivity index (χ3v) is 4.14. The molecule has 0 saturated heterocycles. The lowest BCUT2D eigenvalue weighted by molar-refractivity contribution is 0.0604. The Morgan fingerprint density at radius 2 is 1.73 bits per heavy atom. The van der Waals surface area contributed by atoms with E-state index in [-0.39, 0.29) is 6.61 Å². The zero-order valence-electron chi connectivity index (χ0n) is 15.0. The van der Waals surface area contributed by atoms with E-state index in [0.717, 1.165) is 18.1 Å². The number of furan rings is 1.